The number of rotatable bonds is 7. The molecule has 98 valence electrons. The molecule has 0 aliphatic carbocycles. The molecule has 0 fully saturated rings. The lowest BCUT2D eigenvalue weighted by molar-refractivity contribution is -0.174. The number of halogens is 1. The smallest absolute Gasteiger partial charge is 0.356 e. The van der Waals surface area contributed by atoms with E-state index in [1.165, 1.54) is 0 Å². The second kappa shape index (κ2) is 8.14. The van der Waals surface area contributed by atoms with Gasteiger partial charge in [0.2, 0.25) is 0 Å². The van der Waals surface area contributed by atoms with Gasteiger partial charge in [-0.15, -0.1) is 12.8 Å². The summed E-state index contributed by atoms with van der Waals surface area (Å²) in [7, 11) is 0. The van der Waals surface area contributed by atoms with Crippen molar-refractivity contribution in [1.82, 2.24) is 0 Å². The van der Waals surface area contributed by atoms with Gasteiger partial charge in [-0.3, -0.25) is 0 Å². The highest BCUT2D eigenvalue weighted by Gasteiger charge is 2.49. The highest BCUT2D eigenvalue weighted by molar-refractivity contribution is 6.03. The summed E-state index contributed by atoms with van der Waals surface area (Å²) in [6, 6.07) is 0. The maximum atomic E-state index is 14.3. The van der Waals surface area contributed by atoms with E-state index in [9.17, 15) is 14.0 Å². The molecule has 0 aliphatic heterocycles. The summed E-state index contributed by atoms with van der Waals surface area (Å²) in [5, 5.41) is 0. The first-order valence-corrected chi connectivity index (χ1v) is 5.43. The van der Waals surface area contributed by atoms with Gasteiger partial charge in [0.05, 0.1) is 0 Å². The molecule has 0 aromatic carbocycles. The molecule has 0 heterocycles. The van der Waals surface area contributed by atoms with Gasteiger partial charge in [0.1, 0.15) is 0 Å². The Labute approximate surface area is 106 Å². The maximum absolute atomic E-state index is 14.3. The molecule has 0 radical (unpaired) electrons. The van der Waals surface area contributed by atoms with Crippen molar-refractivity contribution in [2.75, 3.05) is 13.2 Å². The third-order valence-corrected chi connectivity index (χ3v) is 2.10. The minimum Gasteiger partial charge on any atom is -0.450 e. The number of alkyl halides is 1. The van der Waals surface area contributed by atoms with E-state index in [1.54, 1.807) is 6.92 Å². The number of unbranched alkanes of at least 4 members (excludes halogenated alkanes) is 1. The SMILES string of the molecule is C#CCOC(=O)C(F)(CCCC)C(=O)OCC#C. The van der Waals surface area contributed by atoms with Crippen LogP contribution in [0.5, 0.6) is 0 Å². The van der Waals surface area contributed by atoms with Gasteiger partial charge >= 0.3 is 17.6 Å². The second-order valence-electron chi connectivity index (χ2n) is 3.47. The summed E-state index contributed by atoms with van der Waals surface area (Å²) < 4.78 is 23.2. The van der Waals surface area contributed by atoms with Crippen LogP contribution in [0.25, 0.3) is 0 Å². The van der Waals surface area contributed by atoms with Crippen molar-refractivity contribution in [1.29, 1.82) is 0 Å². The monoisotopic (exact) mass is 254 g/mol. The Kier molecular flexibility index (Phi) is 7.23. The number of hydrogen-bond acceptors (Lipinski definition) is 4. The van der Waals surface area contributed by atoms with Crippen molar-refractivity contribution in [3.8, 4) is 24.7 Å². The molecular formula is C13H15FO4. The Morgan fingerprint density at radius 2 is 1.61 bits per heavy atom. The molecule has 0 spiro atoms. The zero-order chi connectivity index (χ0) is 14.0. The third-order valence-electron chi connectivity index (χ3n) is 2.10. The van der Waals surface area contributed by atoms with E-state index >= 15 is 0 Å². The predicted octanol–water partition coefficient (Wildman–Crippen LogP) is 1.24. The van der Waals surface area contributed by atoms with Gasteiger partial charge in [-0.1, -0.05) is 25.2 Å². The van der Waals surface area contributed by atoms with Gasteiger partial charge in [0, 0.05) is 6.42 Å². The molecule has 0 saturated carbocycles. The summed E-state index contributed by atoms with van der Waals surface area (Å²) in [5.74, 6) is 1.36. The highest BCUT2D eigenvalue weighted by Crippen LogP contribution is 2.23. The number of carbonyl (C=O) groups is 2. The van der Waals surface area contributed by atoms with Gasteiger partial charge in [-0.05, 0) is 6.42 Å². The molecule has 0 amide bonds. The van der Waals surface area contributed by atoms with Crippen LogP contribution >= 0.6 is 0 Å². The summed E-state index contributed by atoms with van der Waals surface area (Å²) in [5.41, 5.74) is -2.84. The molecule has 0 unspecified atom stereocenters. The van der Waals surface area contributed by atoms with Crippen LogP contribution in [0.2, 0.25) is 0 Å². The van der Waals surface area contributed by atoms with Gasteiger partial charge in [0.25, 0.3) is 0 Å². The fourth-order valence-electron chi connectivity index (χ4n) is 1.15. The van der Waals surface area contributed by atoms with Gasteiger partial charge in [-0.25, -0.2) is 14.0 Å². The summed E-state index contributed by atoms with van der Waals surface area (Å²) >= 11 is 0. The van der Waals surface area contributed by atoms with Crippen molar-refractivity contribution in [2.45, 2.75) is 31.9 Å². The van der Waals surface area contributed by atoms with E-state index in [0.717, 1.165) is 0 Å². The average Bonchev–Trinajstić information content (AvgIpc) is 2.38. The van der Waals surface area contributed by atoms with Gasteiger partial charge < -0.3 is 9.47 Å². The summed E-state index contributed by atoms with van der Waals surface area (Å²) in [4.78, 5) is 23.0. The fourth-order valence-corrected chi connectivity index (χ4v) is 1.15. The standard InChI is InChI=1S/C13H15FO4/c1-4-7-8-13(14,11(15)17-9-5-2)12(16)18-10-6-3/h2-3H,4,7-10H2,1H3. The van der Waals surface area contributed by atoms with E-state index in [0.29, 0.717) is 12.8 Å². The minimum atomic E-state index is -2.84. The molecule has 0 atom stereocenters. The van der Waals surface area contributed by atoms with Crippen molar-refractivity contribution in [2.24, 2.45) is 0 Å². The molecule has 0 saturated heterocycles. The average molecular weight is 254 g/mol. The topological polar surface area (TPSA) is 52.6 Å². The van der Waals surface area contributed by atoms with Crippen molar-refractivity contribution < 1.29 is 23.5 Å². The molecule has 0 aromatic heterocycles. The number of ether oxygens (including phenoxy) is 2. The molecule has 5 heteroatoms. The highest BCUT2D eigenvalue weighted by atomic mass is 19.1. The predicted molar refractivity (Wildman–Crippen MR) is 62.9 cm³/mol. The Morgan fingerprint density at radius 3 is 1.94 bits per heavy atom. The van der Waals surface area contributed by atoms with Crippen LogP contribution in [0.15, 0.2) is 0 Å². The molecule has 0 aromatic rings. The van der Waals surface area contributed by atoms with Crippen molar-refractivity contribution in [3.63, 3.8) is 0 Å². The van der Waals surface area contributed by atoms with Crippen LogP contribution in [-0.2, 0) is 19.1 Å². The quantitative estimate of drug-likeness (QED) is 0.389. The van der Waals surface area contributed by atoms with Crippen LogP contribution in [0.3, 0.4) is 0 Å². The zero-order valence-electron chi connectivity index (χ0n) is 10.2. The number of esters is 2. The Balaban J connectivity index is 4.81. The molecule has 0 rings (SSSR count). The van der Waals surface area contributed by atoms with Gasteiger partial charge in [-0.2, -0.15) is 0 Å². The van der Waals surface area contributed by atoms with Crippen LogP contribution in [0, 0.1) is 24.7 Å². The Hall–Kier alpha value is -2.01. The number of terminal acetylenes is 2. The molecule has 0 bridgehead atoms. The normalized spacial score (nSPS) is 10.0. The first kappa shape index (κ1) is 16.0. The van der Waals surface area contributed by atoms with E-state index in [4.69, 9.17) is 12.8 Å². The minimum absolute atomic E-state index is 0.323. The third kappa shape index (κ3) is 4.47. The fraction of sp³-hybridized carbons (Fsp3) is 0.538. The summed E-state index contributed by atoms with van der Waals surface area (Å²) in [6.45, 7) is 0.984. The largest absolute Gasteiger partial charge is 0.450 e. The lowest BCUT2D eigenvalue weighted by Gasteiger charge is -2.20. The maximum Gasteiger partial charge on any atom is 0.356 e. The Morgan fingerprint density at radius 1 is 1.17 bits per heavy atom. The molecule has 0 N–H and O–H groups in total. The van der Waals surface area contributed by atoms with Crippen molar-refractivity contribution >= 4 is 11.9 Å². The molecular weight excluding hydrogens is 239 g/mol. The first-order chi connectivity index (χ1) is 8.52. The van der Waals surface area contributed by atoms with E-state index in [2.05, 4.69) is 9.47 Å². The van der Waals surface area contributed by atoms with Gasteiger partial charge in [0.15, 0.2) is 13.2 Å². The second-order valence-corrected chi connectivity index (χ2v) is 3.47. The number of carbonyl (C=O) groups excluding carboxylic acids is 2. The van der Waals surface area contributed by atoms with Crippen LogP contribution < -0.4 is 0 Å². The first-order valence-electron chi connectivity index (χ1n) is 5.43. The molecule has 4 nitrogen and oxygen atoms in total. The lowest BCUT2D eigenvalue weighted by Crippen LogP contribution is -2.45. The van der Waals surface area contributed by atoms with E-state index in [1.807, 2.05) is 11.8 Å². The van der Waals surface area contributed by atoms with Crippen molar-refractivity contribution in [3.05, 3.63) is 0 Å². The molecule has 0 aliphatic rings. The molecule has 18 heavy (non-hydrogen) atoms. The van der Waals surface area contributed by atoms with Crippen LogP contribution in [-0.4, -0.2) is 30.8 Å². The zero-order valence-corrected chi connectivity index (χ0v) is 10.2. The Bertz CT molecular complexity index is 345. The van der Waals surface area contributed by atoms with E-state index < -0.39 is 30.8 Å². The summed E-state index contributed by atoms with van der Waals surface area (Å²) in [6.07, 6.45) is 10.4. The lowest BCUT2D eigenvalue weighted by atomic mass is 9.99. The van der Waals surface area contributed by atoms with E-state index in [-0.39, 0.29) is 6.42 Å². The van der Waals surface area contributed by atoms with Crippen LogP contribution in [0.1, 0.15) is 26.2 Å². The number of hydrogen-bond donors (Lipinski definition) is 0. The van der Waals surface area contributed by atoms with Crippen LogP contribution in [0.4, 0.5) is 4.39 Å².